The van der Waals surface area contributed by atoms with E-state index in [1.807, 2.05) is 54.6 Å². The van der Waals surface area contributed by atoms with Crippen molar-refractivity contribution in [2.45, 2.75) is 40.3 Å². The van der Waals surface area contributed by atoms with Gasteiger partial charge in [-0.2, -0.15) is 0 Å². The number of hydrogen-bond acceptors (Lipinski definition) is 7. The minimum Gasteiger partial charge on any atom is -0.488 e. The second-order valence-corrected chi connectivity index (χ2v) is 12.8. The Balaban J connectivity index is 1.65. The Morgan fingerprint density at radius 3 is 2.50 bits per heavy atom. The molecule has 5 rings (SSSR count). The van der Waals surface area contributed by atoms with Crippen molar-refractivity contribution in [2.75, 3.05) is 24.6 Å². The van der Waals surface area contributed by atoms with Gasteiger partial charge >= 0.3 is 5.97 Å². The van der Waals surface area contributed by atoms with E-state index in [-0.39, 0.29) is 12.2 Å². The normalized spacial score (nSPS) is 14.7. The number of hydrogen-bond donors (Lipinski definition) is 0. The summed E-state index contributed by atoms with van der Waals surface area (Å²) in [5.41, 5.74) is 4.00. The molecule has 1 atom stereocenters. The predicted octanol–water partition coefficient (Wildman–Crippen LogP) is 6.48. The van der Waals surface area contributed by atoms with Crippen LogP contribution >= 0.6 is 45.5 Å². The van der Waals surface area contributed by atoms with Crippen molar-refractivity contribution in [1.29, 1.82) is 0 Å². The molecule has 0 radical (unpaired) electrons. The molecule has 0 fully saturated rings. The van der Waals surface area contributed by atoms with Crippen LogP contribution in [-0.4, -0.2) is 30.2 Å². The van der Waals surface area contributed by atoms with Crippen LogP contribution in [0.4, 0.5) is 5.69 Å². The van der Waals surface area contributed by atoms with Gasteiger partial charge in [0.25, 0.3) is 5.56 Å². The summed E-state index contributed by atoms with van der Waals surface area (Å²) in [4.78, 5) is 34.8. The smallest absolute Gasteiger partial charge is 0.338 e. The van der Waals surface area contributed by atoms with Crippen molar-refractivity contribution < 1.29 is 14.3 Å². The highest BCUT2D eigenvalue weighted by atomic mass is 127. The number of aromatic nitrogens is 1. The van der Waals surface area contributed by atoms with Gasteiger partial charge in [0, 0.05) is 39.0 Å². The van der Waals surface area contributed by atoms with Crippen LogP contribution < -0.4 is 24.5 Å². The Morgan fingerprint density at radius 2 is 1.82 bits per heavy atom. The lowest BCUT2D eigenvalue weighted by molar-refractivity contribution is -0.139. The molecule has 10 heteroatoms. The molecule has 4 aromatic rings. The second kappa shape index (κ2) is 14.1. The summed E-state index contributed by atoms with van der Waals surface area (Å²) in [6.07, 6.45) is 1.84. The van der Waals surface area contributed by atoms with Crippen LogP contribution in [0.3, 0.4) is 0 Å². The number of rotatable bonds is 10. The van der Waals surface area contributed by atoms with Gasteiger partial charge in [-0.3, -0.25) is 9.36 Å². The van der Waals surface area contributed by atoms with E-state index in [1.165, 1.54) is 11.3 Å². The van der Waals surface area contributed by atoms with Crippen LogP contribution in [0.25, 0.3) is 6.08 Å². The molecule has 7 nitrogen and oxygen atoms in total. The van der Waals surface area contributed by atoms with E-state index in [0.29, 0.717) is 43.5 Å². The van der Waals surface area contributed by atoms with Gasteiger partial charge in [0.1, 0.15) is 18.4 Å². The SMILES string of the molecule is CCOC(=O)C1=C(C)N=c2s/c(=C\c3ccc(N(CC)CC)cc3OCc3ccc(I)cc3)c(=O)n2[C@H]1c1ccccc1Cl. The molecular formula is C34H33ClIN3O4S. The zero-order chi connectivity index (χ0) is 31.4. The zero-order valence-electron chi connectivity index (χ0n) is 25.0. The minimum absolute atomic E-state index is 0.198. The number of carbonyl (C=O) groups is 1. The number of nitrogens with zero attached hydrogens (tertiary/aromatic N) is 3. The topological polar surface area (TPSA) is 73.1 Å². The number of thiazole rings is 1. The van der Waals surface area contributed by atoms with Crippen LogP contribution in [0, 0.1) is 3.57 Å². The van der Waals surface area contributed by atoms with Gasteiger partial charge in [-0.25, -0.2) is 9.79 Å². The monoisotopic (exact) mass is 741 g/mol. The predicted molar refractivity (Wildman–Crippen MR) is 185 cm³/mol. The molecule has 3 aromatic carbocycles. The number of benzene rings is 3. The number of anilines is 1. The first-order chi connectivity index (χ1) is 21.2. The maximum Gasteiger partial charge on any atom is 0.338 e. The van der Waals surface area contributed by atoms with Gasteiger partial charge in [-0.05, 0) is 97.8 Å². The van der Waals surface area contributed by atoms with Gasteiger partial charge in [-0.1, -0.05) is 53.3 Å². The van der Waals surface area contributed by atoms with Crippen molar-refractivity contribution in [1.82, 2.24) is 4.57 Å². The van der Waals surface area contributed by atoms with E-state index < -0.39 is 12.0 Å². The molecule has 44 heavy (non-hydrogen) atoms. The third-order valence-electron chi connectivity index (χ3n) is 7.44. The third-order valence-corrected chi connectivity index (χ3v) is 9.48. The van der Waals surface area contributed by atoms with Gasteiger partial charge in [-0.15, -0.1) is 0 Å². The molecule has 1 aromatic heterocycles. The molecule has 1 aliphatic rings. The maximum absolute atomic E-state index is 14.2. The van der Waals surface area contributed by atoms with E-state index in [4.69, 9.17) is 21.1 Å². The average Bonchev–Trinajstić information content (AvgIpc) is 3.32. The van der Waals surface area contributed by atoms with E-state index in [2.05, 4.69) is 58.5 Å². The van der Waals surface area contributed by atoms with Crippen LogP contribution in [0.2, 0.25) is 5.02 Å². The van der Waals surface area contributed by atoms with Crippen molar-refractivity contribution >= 4 is 63.3 Å². The van der Waals surface area contributed by atoms with Crippen molar-refractivity contribution in [3.63, 3.8) is 0 Å². The van der Waals surface area contributed by atoms with Crippen LogP contribution in [0.15, 0.2) is 87.8 Å². The summed E-state index contributed by atoms with van der Waals surface area (Å²) in [7, 11) is 0. The Bertz CT molecular complexity index is 1890. The first-order valence-corrected chi connectivity index (χ1v) is 16.7. The lowest BCUT2D eigenvalue weighted by atomic mass is 9.96. The highest BCUT2D eigenvalue weighted by Gasteiger charge is 2.34. The summed E-state index contributed by atoms with van der Waals surface area (Å²) >= 11 is 10.2. The minimum atomic E-state index is -0.775. The highest BCUT2D eigenvalue weighted by molar-refractivity contribution is 14.1. The van der Waals surface area contributed by atoms with Crippen LogP contribution in [0.5, 0.6) is 5.75 Å². The largest absolute Gasteiger partial charge is 0.488 e. The molecule has 0 amide bonds. The first kappa shape index (κ1) is 32.0. The van der Waals surface area contributed by atoms with Gasteiger partial charge in [0.05, 0.1) is 22.4 Å². The molecular weight excluding hydrogens is 709 g/mol. The summed E-state index contributed by atoms with van der Waals surface area (Å²) in [5.74, 6) is 0.149. The molecule has 0 saturated heterocycles. The van der Waals surface area contributed by atoms with E-state index in [1.54, 1.807) is 24.5 Å². The fourth-order valence-corrected chi connectivity index (χ4v) is 6.85. The lowest BCUT2D eigenvalue weighted by Gasteiger charge is -2.25. The maximum atomic E-state index is 14.2. The van der Waals surface area contributed by atoms with Crippen molar-refractivity contribution in [2.24, 2.45) is 4.99 Å². The quantitative estimate of drug-likeness (QED) is 0.138. The number of esters is 1. The standard InChI is InChI=1S/C34H33ClIN3O4S/c1-5-38(6-2)25-17-14-23(28(19-25)43-20-22-12-15-24(36)16-13-22)18-29-32(40)39-31(26-10-8-9-11-27(26)35)30(33(41)42-7-3)21(4)37-34(39)44-29/h8-19,31H,5-7,20H2,1-4H3/b29-18-/t31-/m0/s1. The van der Waals surface area contributed by atoms with Gasteiger partial charge < -0.3 is 14.4 Å². The van der Waals surface area contributed by atoms with Gasteiger partial charge in [0.15, 0.2) is 4.80 Å². The van der Waals surface area contributed by atoms with Crippen molar-refractivity contribution in [3.05, 3.63) is 123 Å². The summed E-state index contributed by atoms with van der Waals surface area (Å²) in [5, 5.41) is 0.446. The van der Waals surface area contributed by atoms with E-state index in [9.17, 15) is 9.59 Å². The van der Waals surface area contributed by atoms with Crippen LogP contribution in [-0.2, 0) is 16.1 Å². The summed E-state index contributed by atoms with van der Waals surface area (Å²) < 4.78 is 14.9. The summed E-state index contributed by atoms with van der Waals surface area (Å²) in [6, 6.07) is 20.7. The third kappa shape index (κ3) is 6.64. The average molecular weight is 742 g/mol. The molecule has 0 N–H and O–H groups in total. The van der Waals surface area contributed by atoms with Crippen molar-refractivity contribution in [3.8, 4) is 5.75 Å². The fraction of sp³-hybridized carbons (Fsp3) is 0.265. The lowest BCUT2D eigenvalue weighted by Crippen LogP contribution is -2.40. The molecule has 2 heterocycles. The number of halogens is 2. The molecule has 0 spiro atoms. The Hall–Kier alpha value is -3.41. The molecule has 228 valence electrons. The van der Waals surface area contributed by atoms with E-state index >= 15 is 0 Å². The van der Waals surface area contributed by atoms with Crippen LogP contribution in [0.1, 0.15) is 50.4 Å². The Morgan fingerprint density at radius 1 is 1.09 bits per heavy atom. The fourth-order valence-electron chi connectivity index (χ4n) is 5.22. The highest BCUT2D eigenvalue weighted by Crippen LogP contribution is 2.34. The molecule has 0 saturated carbocycles. The number of carbonyl (C=O) groups excluding carboxylic acids is 1. The molecule has 0 aliphatic carbocycles. The van der Waals surface area contributed by atoms with Gasteiger partial charge in [0.2, 0.25) is 0 Å². The summed E-state index contributed by atoms with van der Waals surface area (Å²) in [6.45, 7) is 10.0. The first-order valence-electron chi connectivity index (χ1n) is 14.5. The zero-order valence-corrected chi connectivity index (χ0v) is 28.7. The Kier molecular flexibility index (Phi) is 10.3. The molecule has 0 unspecified atom stereocenters. The second-order valence-electron chi connectivity index (χ2n) is 10.1. The Labute approximate surface area is 279 Å². The number of fused-ring (bicyclic) bond motifs is 1. The molecule has 0 bridgehead atoms. The van der Waals surface area contributed by atoms with E-state index in [0.717, 1.165) is 33.5 Å². The molecule has 1 aliphatic heterocycles. The number of ether oxygens (including phenoxy) is 2. The number of allylic oxidation sites excluding steroid dienone is 1.